The number of hydrogen-bond donors (Lipinski definition) is 2. The van der Waals surface area contributed by atoms with Gasteiger partial charge in [-0.15, -0.1) is 0 Å². The van der Waals surface area contributed by atoms with Crippen LogP contribution in [0.15, 0.2) is 0 Å². The van der Waals surface area contributed by atoms with Crippen LogP contribution in [0.25, 0.3) is 0 Å². The van der Waals surface area contributed by atoms with Gasteiger partial charge in [0.15, 0.2) is 6.10 Å². The maximum absolute atomic E-state index is 12.7. The van der Waals surface area contributed by atoms with Crippen LogP contribution in [0.3, 0.4) is 0 Å². The number of nitrogens with two attached hydrogens (primary N) is 1. The standard InChI is InChI=1S/C64H128NO8P/c1-3-5-7-9-11-13-15-17-19-21-22-23-24-25-26-27-28-29-30-31-32-33-34-35-36-37-38-39-41-43-45-47-49-51-53-55-57-64(67)73-62(61-72-74(68,69)71-59-58-65)60-70-63(66)56-54-52-50-48-46-44-42-40-20-18-16-14-12-10-8-6-4-2/h62H,3-61,65H2,1-2H3,(H,68,69). The van der Waals surface area contributed by atoms with Crippen molar-refractivity contribution in [2.75, 3.05) is 26.4 Å². The fourth-order valence-corrected chi connectivity index (χ4v) is 11.1. The van der Waals surface area contributed by atoms with E-state index in [4.69, 9.17) is 24.3 Å². The molecule has 2 unspecified atom stereocenters. The summed E-state index contributed by atoms with van der Waals surface area (Å²) in [6.45, 7) is 3.83. The molecule has 2 atom stereocenters. The zero-order valence-electron chi connectivity index (χ0n) is 49.6. The molecule has 0 bridgehead atoms. The van der Waals surface area contributed by atoms with Gasteiger partial charge in [0, 0.05) is 19.4 Å². The normalized spacial score (nSPS) is 12.9. The summed E-state index contributed by atoms with van der Waals surface area (Å²) < 4.78 is 33.1. The summed E-state index contributed by atoms with van der Waals surface area (Å²) in [5, 5.41) is 0. The average Bonchev–Trinajstić information content (AvgIpc) is 3.39. The van der Waals surface area contributed by atoms with E-state index in [0.717, 1.165) is 32.1 Å². The molecule has 10 heteroatoms. The van der Waals surface area contributed by atoms with E-state index in [1.54, 1.807) is 0 Å². The van der Waals surface area contributed by atoms with Crippen molar-refractivity contribution < 1.29 is 37.6 Å². The van der Waals surface area contributed by atoms with Crippen LogP contribution in [-0.2, 0) is 32.7 Å². The van der Waals surface area contributed by atoms with Gasteiger partial charge in [0.2, 0.25) is 0 Å². The van der Waals surface area contributed by atoms with E-state index in [2.05, 4.69) is 13.8 Å². The van der Waals surface area contributed by atoms with Gasteiger partial charge in [-0.05, 0) is 12.8 Å². The molecule has 0 saturated heterocycles. The second kappa shape index (κ2) is 61.2. The fourth-order valence-electron chi connectivity index (χ4n) is 10.3. The largest absolute Gasteiger partial charge is 0.472 e. The van der Waals surface area contributed by atoms with E-state index in [9.17, 15) is 19.0 Å². The molecule has 3 N–H and O–H groups in total. The monoisotopic (exact) mass is 1070 g/mol. The lowest BCUT2D eigenvalue weighted by atomic mass is 10.0. The fraction of sp³-hybridized carbons (Fsp3) is 0.969. The maximum Gasteiger partial charge on any atom is 0.472 e. The van der Waals surface area contributed by atoms with Crippen molar-refractivity contribution >= 4 is 19.8 Å². The Morgan fingerprint density at radius 3 is 0.824 bits per heavy atom. The number of esters is 2. The van der Waals surface area contributed by atoms with Gasteiger partial charge in [0.05, 0.1) is 13.2 Å². The van der Waals surface area contributed by atoms with Crippen LogP contribution in [-0.4, -0.2) is 49.3 Å². The van der Waals surface area contributed by atoms with Crippen LogP contribution in [0.1, 0.15) is 367 Å². The Labute approximate surface area is 460 Å². The van der Waals surface area contributed by atoms with E-state index in [-0.39, 0.29) is 38.6 Å². The summed E-state index contributed by atoms with van der Waals surface area (Å²) in [7, 11) is -4.38. The summed E-state index contributed by atoms with van der Waals surface area (Å²) in [5.41, 5.74) is 5.39. The maximum atomic E-state index is 12.7. The van der Waals surface area contributed by atoms with Crippen molar-refractivity contribution in [2.24, 2.45) is 5.73 Å². The SMILES string of the molecule is CCCCCCCCCCCCCCCCCCCCCCCCCCCCCCCCCCCCCCC(=O)OC(COC(=O)CCCCCCCCCCCCCCCCCCC)COP(=O)(O)OCCN. The highest BCUT2D eigenvalue weighted by Crippen LogP contribution is 2.43. The second-order valence-electron chi connectivity index (χ2n) is 22.7. The van der Waals surface area contributed by atoms with Gasteiger partial charge in [-0.25, -0.2) is 4.57 Å². The number of unbranched alkanes of at least 4 members (excludes halogenated alkanes) is 51. The highest BCUT2D eigenvalue weighted by molar-refractivity contribution is 7.47. The van der Waals surface area contributed by atoms with Crippen molar-refractivity contribution in [1.82, 2.24) is 0 Å². The molecular formula is C64H128NO8P. The van der Waals surface area contributed by atoms with Crippen molar-refractivity contribution in [3.05, 3.63) is 0 Å². The minimum absolute atomic E-state index is 0.0586. The number of rotatable bonds is 64. The Morgan fingerprint density at radius 2 is 0.581 bits per heavy atom. The molecular weight excluding hydrogens is 942 g/mol. The van der Waals surface area contributed by atoms with Gasteiger partial charge in [-0.3, -0.25) is 18.6 Å². The Balaban J connectivity index is 3.75. The van der Waals surface area contributed by atoms with Crippen molar-refractivity contribution in [1.29, 1.82) is 0 Å². The number of ether oxygens (including phenoxy) is 2. The molecule has 0 saturated carbocycles. The molecule has 0 aliphatic heterocycles. The Kier molecular flexibility index (Phi) is 60.4. The molecule has 9 nitrogen and oxygen atoms in total. The summed E-state index contributed by atoms with van der Waals surface area (Å²) in [6.07, 6.45) is 70.6. The first-order chi connectivity index (χ1) is 36.3. The van der Waals surface area contributed by atoms with Crippen LogP contribution in [0.2, 0.25) is 0 Å². The molecule has 0 rings (SSSR count). The first-order valence-corrected chi connectivity index (χ1v) is 34.5. The van der Waals surface area contributed by atoms with E-state index >= 15 is 0 Å². The topological polar surface area (TPSA) is 134 Å². The molecule has 0 amide bonds. The minimum atomic E-state index is -4.38. The smallest absolute Gasteiger partial charge is 0.462 e. The highest BCUT2D eigenvalue weighted by Gasteiger charge is 2.26. The first-order valence-electron chi connectivity index (χ1n) is 33.0. The molecule has 0 aromatic carbocycles. The van der Waals surface area contributed by atoms with Crippen LogP contribution < -0.4 is 5.73 Å². The van der Waals surface area contributed by atoms with Gasteiger partial charge in [0.25, 0.3) is 0 Å². The van der Waals surface area contributed by atoms with Crippen molar-refractivity contribution in [3.8, 4) is 0 Å². The van der Waals surface area contributed by atoms with Gasteiger partial charge in [-0.1, -0.05) is 341 Å². The predicted octanol–water partition coefficient (Wildman–Crippen LogP) is 21.0. The summed E-state index contributed by atoms with van der Waals surface area (Å²) >= 11 is 0. The van der Waals surface area contributed by atoms with Crippen molar-refractivity contribution in [3.63, 3.8) is 0 Å². The lowest BCUT2D eigenvalue weighted by Gasteiger charge is -2.19. The lowest BCUT2D eigenvalue weighted by Crippen LogP contribution is -2.29. The van der Waals surface area contributed by atoms with Gasteiger partial charge in [0.1, 0.15) is 6.61 Å². The molecule has 0 fully saturated rings. The molecule has 0 aromatic rings. The van der Waals surface area contributed by atoms with Crippen LogP contribution in [0, 0.1) is 0 Å². The van der Waals surface area contributed by atoms with E-state index in [0.29, 0.717) is 6.42 Å². The molecule has 74 heavy (non-hydrogen) atoms. The summed E-state index contributed by atoms with van der Waals surface area (Å²) in [4.78, 5) is 35.2. The van der Waals surface area contributed by atoms with Gasteiger partial charge < -0.3 is 20.1 Å². The van der Waals surface area contributed by atoms with E-state index in [1.165, 1.54) is 302 Å². The van der Waals surface area contributed by atoms with E-state index in [1.807, 2.05) is 0 Å². The Morgan fingerprint density at radius 1 is 0.351 bits per heavy atom. The quantitative estimate of drug-likeness (QED) is 0.0347. The molecule has 442 valence electrons. The highest BCUT2D eigenvalue weighted by atomic mass is 31.2. The van der Waals surface area contributed by atoms with Crippen LogP contribution in [0.5, 0.6) is 0 Å². The predicted molar refractivity (Wildman–Crippen MR) is 317 cm³/mol. The molecule has 0 aliphatic carbocycles. The molecule has 0 aromatic heterocycles. The zero-order chi connectivity index (χ0) is 53.8. The number of carbonyl (C=O) groups is 2. The zero-order valence-corrected chi connectivity index (χ0v) is 50.5. The second-order valence-corrected chi connectivity index (χ2v) is 24.2. The van der Waals surface area contributed by atoms with Crippen LogP contribution in [0.4, 0.5) is 0 Å². The number of carbonyl (C=O) groups excluding carboxylic acids is 2. The molecule has 0 aliphatic rings. The third kappa shape index (κ3) is 60.2. The molecule has 0 radical (unpaired) electrons. The lowest BCUT2D eigenvalue weighted by molar-refractivity contribution is -0.161. The van der Waals surface area contributed by atoms with Gasteiger partial charge in [-0.2, -0.15) is 0 Å². The number of phosphoric acid groups is 1. The van der Waals surface area contributed by atoms with Crippen LogP contribution >= 0.6 is 7.82 Å². The first kappa shape index (κ1) is 73.0. The summed E-state index contributed by atoms with van der Waals surface area (Å²) in [5.74, 6) is -0.801. The minimum Gasteiger partial charge on any atom is -0.462 e. The molecule has 0 spiro atoms. The van der Waals surface area contributed by atoms with Crippen molar-refractivity contribution in [2.45, 2.75) is 373 Å². The summed E-state index contributed by atoms with van der Waals surface area (Å²) in [6, 6.07) is 0. The third-order valence-electron chi connectivity index (χ3n) is 15.2. The van der Waals surface area contributed by atoms with Gasteiger partial charge >= 0.3 is 19.8 Å². The molecule has 0 heterocycles. The Bertz CT molecular complexity index is 1170. The Hall–Kier alpha value is -0.990. The third-order valence-corrected chi connectivity index (χ3v) is 16.2. The number of phosphoric ester groups is 1. The van der Waals surface area contributed by atoms with E-state index < -0.39 is 26.5 Å². The average molecular weight is 1070 g/mol. The number of hydrogen-bond acceptors (Lipinski definition) is 8.